The van der Waals surface area contributed by atoms with Crippen molar-refractivity contribution in [2.75, 3.05) is 20.7 Å². The van der Waals surface area contributed by atoms with Gasteiger partial charge in [-0.2, -0.15) is 0 Å². The summed E-state index contributed by atoms with van der Waals surface area (Å²) in [7, 11) is 3.02. The molecule has 0 spiro atoms. The first kappa shape index (κ1) is 12.9. The molecule has 0 aromatic heterocycles. The van der Waals surface area contributed by atoms with Crippen molar-refractivity contribution in [2.45, 2.75) is 25.8 Å². The monoisotopic (exact) mass is 202 g/mol. The van der Waals surface area contributed by atoms with Crippen LogP contribution in [0.25, 0.3) is 0 Å². The van der Waals surface area contributed by atoms with Crippen LogP contribution < -0.4 is 5.73 Å². The van der Waals surface area contributed by atoms with Crippen molar-refractivity contribution in [3.63, 3.8) is 0 Å². The summed E-state index contributed by atoms with van der Waals surface area (Å²) in [4.78, 5) is 23.5. The number of amides is 1. The van der Waals surface area contributed by atoms with E-state index >= 15 is 0 Å². The Balaban J connectivity index is 3.69. The Morgan fingerprint density at radius 1 is 1.50 bits per heavy atom. The van der Waals surface area contributed by atoms with Crippen molar-refractivity contribution >= 4 is 11.9 Å². The van der Waals surface area contributed by atoms with E-state index < -0.39 is 6.04 Å². The zero-order valence-electron chi connectivity index (χ0n) is 8.95. The predicted octanol–water partition coefficient (Wildman–Crippen LogP) is -0.255. The van der Waals surface area contributed by atoms with Crippen LogP contribution in [0.15, 0.2) is 0 Å². The molecule has 0 aromatic carbocycles. The molecule has 1 atom stereocenters. The van der Waals surface area contributed by atoms with Crippen LogP contribution in [0.3, 0.4) is 0 Å². The number of esters is 1. The molecule has 0 rings (SSSR count). The highest BCUT2D eigenvalue weighted by molar-refractivity contribution is 5.80. The molecule has 5 nitrogen and oxygen atoms in total. The molecule has 0 aromatic rings. The smallest absolute Gasteiger partial charge is 0.305 e. The van der Waals surface area contributed by atoms with Crippen LogP contribution in [-0.2, 0) is 14.3 Å². The molecule has 1 unspecified atom stereocenters. The highest BCUT2D eigenvalue weighted by atomic mass is 16.5. The van der Waals surface area contributed by atoms with Crippen molar-refractivity contribution in [2.24, 2.45) is 5.73 Å². The standard InChI is InChI=1S/C9H18N2O3/c1-7(10)9(13)11(2)6-4-5-8(12)14-3/h7H,4-6,10H2,1-3H3. The Morgan fingerprint density at radius 3 is 2.50 bits per heavy atom. The zero-order valence-corrected chi connectivity index (χ0v) is 8.95. The van der Waals surface area contributed by atoms with Gasteiger partial charge in [-0.05, 0) is 13.3 Å². The first-order chi connectivity index (χ1) is 6.49. The van der Waals surface area contributed by atoms with Gasteiger partial charge < -0.3 is 15.4 Å². The fraction of sp³-hybridized carbons (Fsp3) is 0.778. The third-order valence-electron chi connectivity index (χ3n) is 1.87. The summed E-state index contributed by atoms with van der Waals surface area (Å²) in [5.74, 6) is -0.374. The number of carbonyl (C=O) groups is 2. The number of rotatable bonds is 5. The van der Waals surface area contributed by atoms with Gasteiger partial charge in [-0.3, -0.25) is 9.59 Å². The van der Waals surface area contributed by atoms with Crippen molar-refractivity contribution in [1.82, 2.24) is 4.90 Å². The molecule has 0 aliphatic heterocycles. The predicted molar refractivity (Wildman–Crippen MR) is 52.5 cm³/mol. The van der Waals surface area contributed by atoms with E-state index in [-0.39, 0.29) is 11.9 Å². The summed E-state index contributed by atoms with van der Waals surface area (Å²) < 4.78 is 4.47. The minimum atomic E-state index is -0.488. The average Bonchev–Trinajstić information content (AvgIpc) is 2.15. The molecule has 5 heteroatoms. The Bertz CT molecular complexity index is 204. The maximum atomic E-state index is 11.3. The molecule has 0 saturated carbocycles. The van der Waals surface area contributed by atoms with Gasteiger partial charge in [0, 0.05) is 20.0 Å². The van der Waals surface area contributed by atoms with E-state index in [1.165, 1.54) is 12.0 Å². The van der Waals surface area contributed by atoms with E-state index in [0.29, 0.717) is 19.4 Å². The summed E-state index contributed by atoms with van der Waals surface area (Å²) >= 11 is 0. The minimum Gasteiger partial charge on any atom is -0.469 e. The van der Waals surface area contributed by atoms with Crippen LogP contribution in [0.1, 0.15) is 19.8 Å². The largest absolute Gasteiger partial charge is 0.469 e. The second-order valence-electron chi connectivity index (χ2n) is 3.23. The number of ether oxygens (including phenoxy) is 1. The highest BCUT2D eigenvalue weighted by Crippen LogP contribution is 1.96. The molecule has 0 fully saturated rings. The van der Waals surface area contributed by atoms with Gasteiger partial charge in [0.05, 0.1) is 13.2 Å². The van der Waals surface area contributed by atoms with Crippen molar-refractivity contribution in [3.05, 3.63) is 0 Å². The summed E-state index contributed by atoms with van der Waals surface area (Å²) in [5, 5.41) is 0. The van der Waals surface area contributed by atoms with Crippen LogP contribution in [0.2, 0.25) is 0 Å². The molecular weight excluding hydrogens is 184 g/mol. The maximum absolute atomic E-state index is 11.3. The Kier molecular flexibility index (Phi) is 5.87. The van der Waals surface area contributed by atoms with E-state index in [2.05, 4.69) is 4.74 Å². The first-order valence-electron chi connectivity index (χ1n) is 4.56. The van der Waals surface area contributed by atoms with Gasteiger partial charge in [0.25, 0.3) is 0 Å². The van der Waals surface area contributed by atoms with Gasteiger partial charge in [0.1, 0.15) is 0 Å². The SMILES string of the molecule is COC(=O)CCCN(C)C(=O)C(C)N. The second-order valence-corrected chi connectivity index (χ2v) is 3.23. The van der Waals surface area contributed by atoms with Gasteiger partial charge in [-0.1, -0.05) is 0 Å². The van der Waals surface area contributed by atoms with E-state index in [0.717, 1.165) is 0 Å². The highest BCUT2D eigenvalue weighted by Gasteiger charge is 2.13. The van der Waals surface area contributed by atoms with E-state index in [9.17, 15) is 9.59 Å². The Hall–Kier alpha value is -1.10. The summed E-state index contributed by atoms with van der Waals surface area (Å²) in [6.07, 6.45) is 0.925. The Morgan fingerprint density at radius 2 is 2.07 bits per heavy atom. The number of carbonyl (C=O) groups excluding carboxylic acids is 2. The van der Waals surface area contributed by atoms with Gasteiger partial charge in [0.15, 0.2) is 0 Å². The van der Waals surface area contributed by atoms with Crippen LogP contribution in [-0.4, -0.2) is 43.5 Å². The van der Waals surface area contributed by atoms with Crippen molar-refractivity contribution in [3.8, 4) is 0 Å². The second kappa shape index (κ2) is 6.37. The number of nitrogens with two attached hydrogens (primary N) is 1. The lowest BCUT2D eigenvalue weighted by Gasteiger charge is -2.18. The van der Waals surface area contributed by atoms with Crippen LogP contribution in [0, 0.1) is 0 Å². The van der Waals surface area contributed by atoms with Gasteiger partial charge in [-0.15, -0.1) is 0 Å². The molecular formula is C9H18N2O3. The lowest BCUT2D eigenvalue weighted by molar-refractivity contribution is -0.141. The summed E-state index contributed by atoms with van der Waals surface area (Å²) in [6, 6.07) is -0.488. The molecule has 82 valence electrons. The molecule has 0 aliphatic rings. The minimum absolute atomic E-state index is 0.116. The average molecular weight is 202 g/mol. The topological polar surface area (TPSA) is 72.6 Å². The molecule has 0 heterocycles. The summed E-state index contributed by atoms with van der Waals surface area (Å²) in [5.41, 5.74) is 5.41. The van der Waals surface area contributed by atoms with Gasteiger partial charge >= 0.3 is 5.97 Å². The molecule has 0 saturated heterocycles. The van der Waals surface area contributed by atoms with Gasteiger partial charge in [0.2, 0.25) is 5.91 Å². The molecule has 2 N–H and O–H groups in total. The van der Waals surface area contributed by atoms with E-state index in [4.69, 9.17) is 5.73 Å². The third kappa shape index (κ3) is 4.81. The fourth-order valence-corrected chi connectivity index (χ4v) is 1.02. The quantitative estimate of drug-likeness (QED) is 0.624. The lowest BCUT2D eigenvalue weighted by atomic mass is 10.2. The van der Waals surface area contributed by atoms with E-state index in [1.54, 1.807) is 14.0 Å². The summed E-state index contributed by atoms with van der Waals surface area (Å²) in [6.45, 7) is 2.16. The molecule has 0 aliphatic carbocycles. The van der Waals surface area contributed by atoms with Crippen molar-refractivity contribution in [1.29, 1.82) is 0 Å². The van der Waals surface area contributed by atoms with Crippen LogP contribution in [0.5, 0.6) is 0 Å². The van der Waals surface area contributed by atoms with Crippen LogP contribution in [0.4, 0.5) is 0 Å². The fourth-order valence-electron chi connectivity index (χ4n) is 1.02. The third-order valence-corrected chi connectivity index (χ3v) is 1.87. The number of likely N-dealkylation sites (N-methyl/N-ethyl adjacent to an activating group) is 1. The molecule has 14 heavy (non-hydrogen) atoms. The number of methoxy groups -OCH3 is 1. The maximum Gasteiger partial charge on any atom is 0.305 e. The lowest BCUT2D eigenvalue weighted by Crippen LogP contribution is -2.40. The van der Waals surface area contributed by atoms with E-state index in [1.807, 2.05) is 0 Å². The van der Waals surface area contributed by atoms with Crippen LogP contribution >= 0.6 is 0 Å². The first-order valence-corrected chi connectivity index (χ1v) is 4.56. The molecule has 1 amide bonds. The number of hydrogen-bond donors (Lipinski definition) is 1. The Labute approximate surface area is 84.2 Å². The zero-order chi connectivity index (χ0) is 11.1. The van der Waals surface area contributed by atoms with Gasteiger partial charge in [-0.25, -0.2) is 0 Å². The number of hydrogen-bond acceptors (Lipinski definition) is 4. The molecule has 0 bridgehead atoms. The van der Waals surface area contributed by atoms with Crippen molar-refractivity contribution < 1.29 is 14.3 Å². The molecule has 0 radical (unpaired) electrons. The normalized spacial score (nSPS) is 12.0. The number of nitrogens with zero attached hydrogens (tertiary/aromatic N) is 1.